The van der Waals surface area contributed by atoms with Crippen LogP contribution in [0.15, 0.2) is 36.4 Å². The van der Waals surface area contributed by atoms with E-state index in [2.05, 4.69) is 5.32 Å². The van der Waals surface area contributed by atoms with Crippen LogP contribution in [0, 0.1) is 5.82 Å². The molecule has 1 aliphatic carbocycles. The molecule has 3 nitrogen and oxygen atoms in total. The van der Waals surface area contributed by atoms with E-state index < -0.39 is 5.91 Å². The standard InChI is InChI=1S/C18H19FN2O/c19-15-10-16(21-11-12-6-2-1-3-7-12)17(18(20)22)14-9-5-4-8-13(14)15/h1-3,6-7,10,21H,4-5,8-9,11H2,(H2,20,22). The van der Waals surface area contributed by atoms with E-state index in [0.717, 1.165) is 24.0 Å². The second-order valence-electron chi connectivity index (χ2n) is 5.65. The first-order valence-corrected chi connectivity index (χ1v) is 7.58. The monoisotopic (exact) mass is 298 g/mol. The quantitative estimate of drug-likeness (QED) is 0.908. The second kappa shape index (κ2) is 6.18. The van der Waals surface area contributed by atoms with Crippen LogP contribution in [-0.2, 0) is 19.4 Å². The number of carbonyl (C=O) groups is 1. The van der Waals surface area contributed by atoms with Crippen molar-refractivity contribution in [3.05, 3.63) is 64.5 Å². The van der Waals surface area contributed by atoms with Crippen molar-refractivity contribution in [2.75, 3.05) is 5.32 Å². The van der Waals surface area contributed by atoms with Gasteiger partial charge in [-0.2, -0.15) is 0 Å². The number of hydrogen-bond acceptors (Lipinski definition) is 2. The molecule has 0 unspecified atom stereocenters. The van der Waals surface area contributed by atoms with Crippen LogP contribution < -0.4 is 11.1 Å². The number of benzene rings is 2. The molecular formula is C18H19FN2O. The molecule has 0 aromatic heterocycles. The van der Waals surface area contributed by atoms with Gasteiger partial charge in [0.1, 0.15) is 5.82 Å². The first-order valence-electron chi connectivity index (χ1n) is 7.58. The van der Waals surface area contributed by atoms with Crippen molar-refractivity contribution in [3.63, 3.8) is 0 Å². The van der Waals surface area contributed by atoms with Crippen LogP contribution in [0.5, 0.6) is 0 Å². The summed E-state index contributed by atoms with van der Waals surface area (Å²) in [5.41, 5.74) is 9.01. The van der Waals surface area contributed by atoms with Crippen molar-refractivity contribution < 1.29 is 9.18 Å². The van der Waals surface area contributed by atoms with Gasteiger partial charge in [-0.3, -0.25) is 4.79 Å². The van der Waals surface area contributed by atoms with Gasteiger partial charge in [0.25, 0.3) is 5.91 Å². The smallest absolute Gasteiger partial charge is 0.251 e. The summed E-state index contributed by atoms with van der Waals surface area (Å²) in [7, 11) is 0. The van der Waals surface area contributed by atoms with Crippen molar-refractivity contribution in [2.24, 2.45) is 5.73 Å². The third-order valence-corrected chi connectivity index (χ3v) is 4.17. The highest BCUT2D eigenvalue weighted by Crippen LogP contribution is 2.32. The maximum Gasteiger partial charge on any atom is 0.251 e. The van der Waals surface area contributed by atoms with Gasteiger partial charge in [0.2, 0.25) is 0 Å². The second-order valence-corrected chi connectivity index (χ2v) is 5.65. The number of primary amides is 1. The molecular weight excluding hydrogens is 279 g/mol. The van der Waals surface area contributed by atoms with E-state index >= 15 is 0 Å². The molecule has 2 aromatic carbocycles. The molecule has 114 valence electrons. The Bertz CT molecular complexity index is 698. The Morgan fingerprint density at radius 1 is 1.14 bits per heavy atom. The number of rotatable bonds is 4. The van der Waals surface area contributed by atoms with Crippen molar-refractivity contribution in [1.29, 1.82) is 0 Å². The van der Waals surface area contributed by atoms with E-state index in [-0.39, 0.29) is 5.82 Å². The molecule has 0 heterocycles. The maximum atomic E-state index is 14.3. The summed E-state index contributed by atoms with van der Waals surface area (Å²) in [6.07, 6.45) is 3.32. The van der Waals surface area contributed by atoms with Crippen LogP contribution in [0.25, 0.3) is 0 Å². The zero-order valence-corrected chi connectivity index (χ0v) is 12.4. The predicted molar refractivity (Wildman–Crippen MR) is 85.3 cm³/mol. The average molecular weight is 298 g/mol. The van der Waals surface area contributed by atoms with Gasteiger partial charge in [-0.1, -0.05) is 30.3 Å². The minimum atomic E-state index is -0.492. The fourth-order valence-electron chi connectivity index (χ4n) is 3.11. The molecule has 0 atom stereocenters. The Hall–Kier alpha value is -2.36. The SMILES string of the molecule is NC(=O)c1c(NCc2ccccc2)cc(F)c2c1CCCC2. The lowest BCUT2D eigenvalue weighted by Crippen LogP contribution is -2.21. The van der Waals surface area contributed by atoms with Crippen molar-refractivity contribution in [2.45, 2.75) is 32.2 Å². The zero-order valence-electron chi connectivity index (χ0n) is 12.4. The summed E-state index contributed by atoms with van der Waals surface area (Å²) in [4.78, 5) is 11.9. The Morgan fingerprint density at radius 2 is 1.82 bits per heavy atom. The summed E-state index contributed by atoms with van der Waals surface area (Å²) in [5.74, 6) is -0.732. The average Bonchev–Trinajstić information content (AvgIpc) is 2.53. The number of halogens is 1. The summed E-state index contributed by atoms with van der Waals surface area (Å²) in [6.45, 7) is 0.527. The topological polar surface area (TPSA) is 55.1 Å². The van der Waals surface area contributed by atoms with E-state index in [4.69, 9.17) is 5.73 Å². The fourth-order valence-corrected chi connectivity index (χ4v) is 3.11. The number of nitrogens with one attached hydrogen (secondary N) is 1. The highest BCUT2D eigenvalue weighted by Gasteiger charge is 2.23. The van der Waals surface area contributed by atoms with Gasteiger partial charge in [-0.25, -0.2) is 4.39 Å². The molecule has 0 saturated carbocycles. The summed E-state index contributed by atoms with van der Waals surface area (Å²) in [5, 5.41) is 3.16. The third-order valence-electron chi connectivity index (χ3n) is 4.17. The summed E-state index contributed by atoms with van der Waals surface area (Å²) < 4.78 is 14.3. The largest absolute Gasteiger partial charge is 0.380 e. The number of amides is 1. The van der Waals surface area contributed by atoms with Gasteiger partial charge in [0, 0.05) is 6.54 Å². The normalized spacial score (nSPS) is 13.5. The Labute approximate surface area is 129 Å². The molecule has 0 saturated heterocycles. The first-order chi connectivity index (χ1) is 10.7. The lowest BCUT2D eigenvalue weighted by atomic mass is 9.86. The van der Waals surface area contributed by atoms with Crippen molar-refractivity contribution in [3.8, 4) is 0 Å². The Kier molecular flexibility index (Phi) is 4.09. The van der Waals surface area contributed by atoms with Crippen LogP contribution in [0.2, 0.25) is 0 Å². The summed E-state index contributed by atoms with van der Waals surface area (Å²) in [6, 6.07) is 11.2. The molecule has 3 N–H and O–H groups in total. The van der Waals surface area contributed by atoms with E-state index in [0.29, 0.717) is 36.2 Å². The van der Waals surface area contributed by atoms with E-state index in [1.807, 2.05) is 30.3 Å². The summed E-state index contributed by atoms with van der Waals surface area (Å²) >= 11 is 0. The van der Waals surface area contributed by atoms with Crippen LogP contribution in [0.3, 0.4) is 0 Å². The molecule has 0 fully saturated rings. The first kappa shape index (κ1) is 14.6. The number of fused-ring (bicyclic) bond motifs is 1. The molecule has 0 bridgehead atoms. The molecule has 4 heteroatoms. The van der Waals surface area contributed by atoms with Crippen molar-refractivity contribution >= 4 is 11.6 Å². The predicted octanol–water partition coefficient (Wildman–Crippen LogP) is 3.42. The minimum absolute atomic E-state index is 0.240. The molecule has 22 heavy (non-hydrogen) atoms. The molecule has 1 amide bonds. The van der Waals surface area contributed by atoms with Gasteiger partial charge in [-0.05, 0) is 48.4 Å². The number of hydrogen-bond donors (Lipinski definition) is 2. The number of carbonyl (C=O) groups excluding carboxylic acids is 1. The highest BCUT2D eigenvalue weighted by atomic mass is 19.1. The molecule has 1 aliphatic rings. The van der Waals surface area contributed by atoms with Gasteiger partial charge in [0.05, 0.1) is 11.3 Å². The number of nitrogens with two attached hydrogens (primary N) is 1. The molecule has 0 aliphatic heterocycles. The highest BCUT2D eigenvalue weighted by molar-refractivity contribution is 6.00. The van der Waals surface area contributed by atoms with Gasteiger partial charge in [0.15, 0.2) is 0 Å². The Morgan fingerprint density at radius 3 is 2.50 bits per heavy atom. The molecule has 2 aromatic rings. The fraction of sp³-hybridized carbons (Fsp3) is 0.278. The van der Waals surface area contributed by atoms with Crippen LogP contribution in [0.4, 0.5) is 10.1 Å². The van der Waals surface area contributed by atoms with Gasteiger partial charge in [-0.15, -0.1) is 0 Å². The maximum absolute atomic E-state index is 14.3. The van der Waals surface area contributed by atoms with E-state index in [1.54, 1.807) is 0 Å². The Balaban J connectivity index is 1.96. The van der Waals surface area contributed by atoms with Crippen LogP contribution in [0.1, 0.15) is 39.9 Å². The molecule has 0 radical (unpaired) electrons. The van der Waals surface area contributed by atoms with E-state index in [9.17, 15) is 9.18 Å². The zero-order chi connectivity index (χ0) is 15.5. The van der Waals surface area contributed by atoms with E-state index in [1.165, 1.54) is 6.07 Å². The van der Waals surface area contributed by atoms with Crippen molar-refractivity contribution in [1.82, 2.24) is 0 Å². The minimum Gasteiger partial charge on any atom is -0.380 e. The molecule has 0 spiro atoms. The number of anilines is 1. The lowest BCUT2D eigenvalue weighted by molar-refractivity contribution is 0.1000. The van der Waals surface area contributed by atoms with Crippen LogP contribution >= 0.6 is 0 Å². The lowest BCUT2D eigenvalue weighted by Gasteiger charge is -2.22. The van der Waals surface area contributed by atoms with Gasteiger partial charge >= 0.3 is 0 Å². The van der Waals surface area contributed by atoms with Crippen LogP contribution in [-0.4, -0.2) is 5.91 Å². The van der Waals surface area contributed by atoms with Gasteiger partial charge < -0.3 is 11.1 Å². The molecule has 3 rings (SSSR count). The third kappa shape index (κ3) is 2.82.